The molecule has 0 aliphatic heterocycles. The molecule has 0 fully saturated rings. The van der Waals surface area contributed by atoms with Gasteiger partial charge >= 0.3 is 6.18 Å². The van der Waals surface area contributed by atoms with Gasteiger partial charge in [-0.2, -0.15) is 13.2 Å². The van der Waals surface area contributed by atoms with Gasteiger partial charge in [-0.05, 0) is 31.5 Å². The molecule has 1 heterocycles. The van der Waals surface area contributed by atoms with Gasteiger partial charge in [0, 0.05) is 17.1 Å². The van der Waals surface area contributed by atoms with Crippen molar-refractivity contribution >= 4 is 11.3 Å². The maximum Gasteiger partial charge on any atom is 0.416 e. The van der Waals surface area contributed by atoms with Crippen molar-refractivity contribution in [2.45, 2.75) is 32.5 Å². The van der Waals surface area contributed by atoms with Gasteiger partial charge in [-0.25, -0.2) is 4.98 Å². The number of halogens is 3. The predicted octanol–water partition coefficient (Wildman–Crippen LogP) is 4.36. The summed E-state index contributed by atoms with van der Waals surface area (Å²) >= 11 is 1.57. The molecule has 1 aromatic heterocycles. The van der Waals surface area contributed by atoms with Crippen LogP contribution in [0.2, 0.25) is 0 Å². The second-order valence-corrected chi connectivity index (χ2v) is 6.06. The third-order valence-electron chi connectivity index (χ3n) is 3.13. The first-order chi connectivity index (χ1) is 9.90. The number of aromatic nitrogens is 1. The third-order valence-corrected chi connectivity index (χ3v) is 4.15. The van der Waals surface area contributed by atoms with E-state index in [0.29, 0.717) is 12.0 Å². The van der Waals surface area contributed by atoms with Crippen LogP contribution < -0.4 is 5.32 Å². The SMILES string of the molecule is CCNC(Cc1cccc(C(F)(F)F)c1)c1cnc(C)s1. The van der Waals surface area contributed by atoms with E-state index in [9.17, 15) is 13.2 Å². The third kappa shape index (κ3) is 4.28. The maximum atomic E-state index is 12.8. The van der Waals surface area contributed by atoms with Gasteiger partial charge in [-0.3, -0.25) is 0 Å². The average molecular weight is 314 g/mol. The van der Waals surface area contributed by atoms with Gasteiger partial charge in [0.2, 0.25) is 0 Å². The number of hydrogen-bond donors (Lipinski definition) is 1. The highest BCUT2D eigenvalue weighted by molar-refractivity contribution is 7.11. The summed E-state index contributed by atoms with van der Waals surface area (Å²) in [5, 5.41) is 4.26. The van der Waals surface area contributed by atoms with Crippen molar-refractivity contribution in [1.82, 2.24) is 10.3 Å². The number of rotatable bonds is 5. The van der Waals surface area contributed by atoms with Crippen molar-refractivity contribution in [3.8, 4) is 0 Å². The molecule has 0 amide bonds. The molecule has 1 unspecified atom stereocenters. The summed E-state index contributed by atoms with van der Waals surface area (Å²) in [6.45, 7) is 4.65. The Kier molecular flexibility index (Phi) is 5.00. The molecule has 2 aromatic rings. The molecule has 0 saturated carbocycles. The number of thiazole rings is 1. The molecule has 0 saturated heterocycles. The summed E-state index contributed by atoms with van der Waals surface area (Å²) in [4.78, 5) is 5.26. The lowest BCUT2D eigenvalue weighted by molar-refractivity contribution is -0.137. The van der Waals surface area contributed by atoms with Gasteiger partial charge < -0.3 is 5.32 Å². The number of nitrogens with one attached hydrogen (secondary N) is 1. The van der Waals surface area contributed by atoms with E-state index in [1.807, 2.05) is 13.8 Å². The number of aryl methyl sites for hydroxylation is 1. The fourth-order valence-electron chi connectivity index (χ4n) is 2.17. The molecule has 21 heavy (non-hydrogen) atoms. The van der Waals surface area contributed by atoms with Gasteiger partial charge in [0.25, 0.3) is 0 Å². The van der Waals surface area contributed by atoms with Crippen LogP contribution in [0.4, 0.5) is 13.2 Å². The zero-order chi connectivity index (χ0) is 15.5. The van der Waals surface area contributed by atoms with E-state index in [-0.39, 0.29) is 6.04 Å². The zero-order valence-corrected chi connectivity index (χ0v) is 12.7. The van der Waals surface area contributed by atoms with E-state index < -0.39 is 11.7 Å². The van der Waals surface area contributed by atoms with Crippen molar-refractivity contribution < 1.29 is 13.2 Å². The number of hydrogen-bond acceptors (Lipinski definition) is 3. The van der Waals surface area contributed by atoms with Gasteiger partial charge in [-0.1, -0.05) is 25.1 Å². The Balaban J connectivity index is 2.21. The molecule has 0 spiro atoms. The molecule has 1 aromatic carbocycles. The Hall–Kier alpha value is -1.40. The van der Waals surface area contributed by atoms with E-state index in [2.05, 4.69) is 10.3 Å². The molecule has 114 valence electrons. The Labute approximate surface area is 126 Å². The van der Waals surface area contributed by atoms with Gasteiger partial charge in [0.15, 0.2) is 0 Å². The van der Waals surface area contributed by atoms with Crippen LogP contribution >= 0.6 is 11.3 Å². The largest absolute Gasteiger partial charge is 0.416 e. The Morgan fingerprint density at radius 1 is 1.33 bits per heavy atom. The van der Waals surface area contributed by atoms with Crippen LogP contribution in [0, 0.1) is 6.92 Å². The highest BCUT2D eigenvalue weighted by atomic mass is 32.1. The fraction of sp³-hybridized carbons (Fsp3) is 0.400. The minimum absolute atomic E-state index is 0.00955. The number of alkyl halides is 3. The first kappa shape index (κ1) is 16.0. The molecule has 0 bridgehead atoms. The highest BCUT2D eigenvalue weighted by Gasteiger charge is 2.30. The highest BCUT2D eigenvalue weighted by Crippen LogP contribution is 2.31. The lowest BCUT2D eigenvalue weighted by Gasteiger charge is -2.17. The molecule has 6 heteroatoms. The van der Waals surface area contributed by atoms with E-state index in [0.717, 1.165) is 22.5 Å². The van der Waals surface area contributed by atoms with Crippen molar-refractivity contribution in [2.75, 3.05) is 6.54 Å². The molecule has 0 aliphatic rings. The average Bonchev–Trinajstić information content (AvgIpc) is 2.84. The molecule has 0 aliphatic carbocycles. The van der Waals surface area contributed by atoms with Crippen LogP contribution in [0.25, 0.3) is 0 Å². The van der Waals surface area contributed by atoms with Gasteiger partial charge in [-0.15, -0.1) is 11.3 Å². The van der Waals surface area contributed by atoms with Gasteiger partial charge in [0.05, 0.1) is 10.6 Å². The van der Waals surface area contributed by atoms with Crippen LogP contribution in [0.5, 0.6) is 0 Å². The van der Waals surface area contributed by atoms with Crippen LogP contribution in [-0.2, 0) is 12.6 Å². The topological polar surface area (TPSA) is 24.9 Å². The molecular weight excluding hydrogens is 297 g/mol. The molecule has 0 radical (unpaired) electrons. The Morgan fingerprint density at radius 2 is 2.10 bits per heavy atom. The lowest BCUT2D eigenvalue weighted by Crippen LogP contribution is -2.22. The predicted molar refractivity (Wildman–Crippen MR) is 78.4 cm³/mol. The summed E-state index contributed by atoms with van der Waals surface area (Å²) in [5.41, 5.74) is 0.0672. The first-order valence-electron chi connectivity index (χ1n) is 6.72. The Morgan fingerprint density at radius 3 is 2.67 bits per heavy atom. The molecule has 2 nitrogen and oxygen atoms in total. The van der Waals surface area contributed by atoms with E-state index in [1.165, 1.54) is 12.1 Å². The Bertz CT molecular complexity index is 593. The number of benzene rings is 1. The van der Waals surface area contributed by atoms with Crippen LogP contribution in [0.1, 0.15) is 34.0 Å². The normalized spacial score (nSPS) is 13.4. The quantitative estimate of drug-likeness (QED) is 0.887. The van der Waals surface area contributed by atoms with Crippen molar-refractivity contribution in [3.63, 3.8) is 0 Å². The van der Waals surface area contributed by atoms with Crippen LogP contribution in [0.3, 0.4) is 0 Å². The summed E-state index contributed by atoms with van der Waals surface area (Å²) < 4.78 is 38.3. The fourth-order valence-corrected chi connectivity index (χ4v) is 3.03. The second-order valence-electron chi connectivity index (χ2n) is 4.79. The zero-order valence-electron chi connectivity index (χ0n) is 11.9. The first-order valence-corrected chi connectivity index (χ1v) is 7.53. The summed E-state index contributed by atoms with van der Waals surface area (Å²) in [5.74, 6) is 0. The summed E-state index contributed by atoms with van der Waals surface area (Å²) in [7, 11) is 0. The monoisotopic (exact) mass is 314 g/mol. The number of likely N-dealkylation sites (N-methyl/N-ethyl adjacent to an activating group) is 1. The minimum atomic E-state index is -4.30. The van der Waals surface area contributed by atoms with Crippen molar-refractivity contribution in [2.24, 2.45) is 0 Å². The molecule has 1 N–H and O–H groups in total. The van der Waals surface area contributed by atoms with Crippen LogP contribution in [-0.4, -0.2) is 11.5 Å². The standard InChI is InChI=1S/C15H17F3N2S/c1-3-19-13(14-9-20-10(2)21-14)8-11-5-4-6-12(7-11)15(16,17)18/h4-7,9,13,19H,3,8H2,1-2H3. The summed E-state index contributed by atoms with van der Waals surface area (Å²) in [6.07, 6.45) is -1.99. The lowest BCUT2D eigenvalue weighted by atomic mass is 10.0. The second kappa shape index (κ2) is 6.58. The van der Waals surface area contributed by atoms with E-state index in [4.69, 9.17) is 0 Å². The van der Waals surface area contributed by atoms with Crippen LogP contribution in [0.15, 0.2) is 30.5 Å². The van der Waals surface area contributed by atoms with Crippen molar-refractivity contribution in [1.29, 1.82) is 0 Å². The molecular formula is C15H17F3N2S. The number of nitrogens with zero attached hydrogens (tertiary/aromatic N) is 1. The molecule has 1 atom stereocenters. The summed E-state index contributed by atoms with van der Waals surface area (Å²) in [6, 6.07) is 5.50. The van der Waals surface area contributed by atoms with Crippen molar-refractivity contribution in [3.05, 3.63) is 51.5 Å². The smallest absolute Gasteiger partial charge is 0.309 e. The van der Waals surface area contributed by atoms with Gasteiger partial charge in [0.1, 0.15) is 0 Å². The molecule has 2 rings (SSSR count). The van der Waals surface area contributed by atoms with E-state index in [1.54, 1.807) is 23.6 Å². The maximum absolute atomic E-state index is 12.8. The van der Waals surface area contributed by atoms with E-state index >= 15 is 0 Å². The minimum Gasteiger partial charge on any atom is -0.309 e.